The average Bonchev–Trinajstić information content (AvgIpc) is 1.66. The molecule has 1 nitrogen and oxygen atoms in total. The molecule has 0 fully saturated rings. The summed E-state index contributed by atoms with van der Waals surface area (Å²) in [4.78, 5) is 0. The molecule has 0 aromatic heterocycles. The fraction of sp³-hybridized carbons (Fsp3) is 1.00. The summed E-state index contributed by atoms with van der Waals surface area (Å²) in [6.45, 7) is 7.74. The Kier molecular flexibility index (Phi) is 5.08. The average molecular weight is 117 g/mol. The third-order valence-corrected chi connectivity index (χ3v) is 1.08. The van der Waals surface area contributed by atoms with E-state index in [1.165, 1.54) is 19.4 Å². The Morgan fingerprint density at radius 2 is 2.12 bits per heavy atom. The number of rotatable bonds is 4. The normalized spacial score (nSPS) is 10.5. The fourth-order valence-electron chi connectivity index (χ4n) is 0.568. The highest BCUT2D eigenvalue weighted by atomic mass is 14.9. The van der Waals surface area contributed by atoms with Gasteiger partial charge in [0.05, 0.1) is 0 Å². The van der Waals surface area contributed by atoms with Crippen molar-refractivity contribution in [2.75, 3.05) is 6.54 Å². The first-order valence-corrected chi connectivity index (χ1v) is 3.50. The van der Waals surface area contributed by atoms with Crippen molar-refractivity contribution in [3.63, 3.8) is 0 Å². The second-order valence-corrected chi connectivity index (χ2v) is 2.46. The van der Waals surface area contributed by atoms with Crippen LogP contribution in [0.15, 0.2) is 0 Å². The largest absolute Gasteiger partial charge is 0.315 e. The van der Waals surface area contributed by atoms with Crippen LogP contribution in [-0.4, -0.2) is 12.6 Å². The molecule has 0 radical (unpaired) electrons. The molecular weight excluding hydrogens is 98.1 g/mol. The molecule has 0 unspecified atom stereocenters. The van der Waals surface area contributed by atoms with E-state index in [2.05, 4.69) is 26.1 Å². The van der Waals surface area contributed by atoms with Gasteiger partial charge in [-0.05, 0) is 13.0 Å². The molecule has 0 amide bonds. The van der Waals surface area contributed by atoms with E-state index >= 15 is 0 Å². The summed E-state index contributed by atoms with van der Waals surface area (Å²) in [5.74, 6) is 0. The van der Waals surface area contributed by atoms with Crippen molar-refractivity contribution in [2.45, 2.75) is 39.7 Å². The quantitative estimate of drug-likeness (QED) is 0.555. The summed E-state index contributed by atoms with van der Waals surface area (Å²) in [5, 5.41) is 3.35. The summed E-state index contributed by atoms with van der Waals surface area (Å²) >= 11 is 0. The molecule has 0 heterocycles. The predicted octanol–water partition coefficient (Wildman–Crippen LogP) is 2.03. The van der Waals surface area contributed by atoms with Gasteiger partial charge >= 0.3 is 0 Å². The van der Waals surface area contributed by atoms with Crippen molar-refractivity contribution in [1.82, 2.24) is 5.32 Å². The molecule has 0 saturated carbocycles. The summed E-state index contributed by atoms with van der Waals surface area (Å²) in [5.41, 5.74) is 0. The van der Waals surface area contributed by atoms with E-state index in [1.54, 1.807) is 0 Å². The van der Waals surface area contributed by atoms with Gasteiger partial charge < -0.3 is 5.32 Å². The van der Waals surface area contributed by atoms with E-state index < -0.39 is 0 Å². The summed E-state index contributed by atoms with van der Waals surface area (Å²) in [6.07, 6.45) is 2.60. The van der Waals surface area contributed by atoms with Gasteiger partial charge in [0, 0.05) is 7.47 Å². The zero-order valence-electron chi connectivity index (χ0n) is 6.20. The maximum absolute atomic E-state index is 3.35. The summed E-state index contributed by atoms with van der Waals surface area (Å²) < 4.78 is 0. The molecule has 0 aliphatic carbocycles. The Morgan fingerprint density at radius 3 is 2.50 bits per heavy atom. The Labute approximate surface area is 54.0 Å². The molecule has 0 saturated heterocycles. The predicted molar refractivity (Wildman–Crippen MR) is 40.2 cm³/mol. The van der Waals surface area contributed by atoms with Gasteiger partial charge in [-0.2, -0.15) is 0 Å². The maximum atomic E-state index is 3.35. The lowest BCUT2D eigenvalue weighted by Crippen LogP contribution is -2.23. The summed E-state index contributed by atoms with van der Waals surface area (Å²) in [7, 11) is 0. The van der Waals surface area contributed by atoms with Crippen LogP contribution in [0.25, 0.3) is 0 Å². The molecular formula is C7H19N. The minimum absolute atomic E-state index is 0. The highest BCUT2D eigenvalue weighted by Gasteiger charge is 1.87. The zero-order valence-corrected chi connectivity index (χ0v) is 6.20. The lowest BCUT2D eigenvalue weighted by atomic mass is 10.3. The first-order chi connectivity index (χ1) is 3.77. The van der Waals surface area contributed by atoms with Crippen molar-refractivity contribution >= 4 is 0 Å². The van der Waals surface area contributed by atoms with Crippen molar-refractivity contribution in [3.8, 4) is 0 Å². The topological polar surface area (TPSA) is 12.0 Å². The van der Waals surface area contributed by atoms with Crippen molar-refractivity contribution in [2.24, 2.45) is 0 Å². The van der Waals surface area contributed by atoms with Crippen LogP contribution in [0.2, 0.25) is 0 Å². The van der Waals surface area contributed by atoms with Crippen molar-refractivity contribution in [3.05, 3.63) is 0 Å². The molecule has 8 heavy (non-hydrogen) atoms. The van der Waals surface area contributed by atoms with Crippen LogP contribution in [0.3, 0.4) is 0 Å². The molecule has 1 N–H and O–H groups in total. The van der Waals surface area contributed by atoms with Crippen molar-refractivity contribution < 1.29 is 1.43 Å². The van der Waals surface area contributed by atoms with Gasteiger partial charge in [-0.25, -0.2) is 0 Å². The first kappa shape index (κ1) is 7.96. The van der Waals surface area contributed by atoms with E-state index in [0.29, 0.717) is 6.04 Å². The fourth-order valence-corrected chi connectivity index (χ4v) is 0.568. The van der Waals surface area contributed by atoms with Crippen molar-refractivity contribution in [1.29, 1.82) is 0 Å². The standard InChI is InChI=1S/C7H17N.H2/c1-4-5-6-8-7(2)3;/h7-8H,4-6H2,1-3H3;1H. The third-order valence-electron chi connectivity index (χ3n) is 1.08. The minimum Gasteiger partial charge on any atom is -0.315 e. The molecule has 0 aromatic rings. The second kappa shape index (κ2) is 5.10. The third kappa shape index (κ3) is 5.96. The van der Waals surface area contributed by atoms with E-state index in [1.807, 2.05) is 0 Å². The molecule has 1 heteroatoms. The molecule has 0 spiro atoms. The molecule has 0 aliphatic rings. The van der Waals surface area contributed by atoms with Crippen LogP contribution in [0.5, 0.6) is 0 Å². The van der Waals surface area contributed by atoms with Gasteiger partial charge in [-0.3, -0.25) is 0 Å². The number of hydrogen-bond donors (Lipinski definition) is 1. The van der Waals surface area contributed by atoms with Crippen LogP contribution in [0.4, 0.5) is 0 Å². The number of nitrogens with one attached hydrogen (secondary N) is 1. The smallest absolute Gasteiger partial charge is 0.00103 e. The molecule has 0 bridgehead atoms. The van der Waals surface area contributed by atoms with Gasteiger partial charge in [0.1, 0.15) is 0 Å². The molecule has 0 aliphatic heterocycles. The summed E-state index contributed by atoms with van der Waals surface area (Å²) in [6, 6.07) is 0.654. The highest BCUT2D eigenvalue weighted by molar-refractivity contribution is 4.50. The van der Waals surface area contributed by atoms with E-state index in [9.17, 15) is 0 Å². The van der Waals surface area contributed by atoms with Crippen LogP contribution < -0.4 is 5.32 Å². The molecule has 0 aromatic carbocycles. The Hall–Kier alpha value is -0.0400. The van der Waals surface area contributed by atoms with Gasteiger partial charge in [-0.1, -0.05) is 27.2 Å². The minimum atomic E-state index is 0. The van der Waals surface area contributed by atoms with Gasteiger partial charge in [0.15, 0.2) is 0 Å². The van der Waals surface area contributed by atoms with E-state index in [0.717, 1.165) is 0 Å². The lowest BCUT2D eigenvalue weighted by Gasteiger charge is -2.05. The van der Waals surface area contributed by atoms with E-state index in [-0.39, 0.29) is 1.43 Å². The second-order valence-electron chi connectivity index (χ2n) is 2.46. The Morgan fingerprint density at radius 1 is 1.50 bits per heavy atom. The van der Waals surface area contributed by atoms with Crippen LogP contribution in [-0.2, 0) is 0 Å². The van der Waals surface area contributed by atoms with Gasteiger partial charge in [0.2, 0.25) is 0 Å². The first-order valence-electron chi connectivity index (χ1n) is 3.50. The number of hydrogen-bond acceptors (Lipinski definition) is 1. The SMILES string of the molecule is CCCCNC(C)C.[HH]. The molecule has 0 rings (SSSR count). The monoisotopic (exact) mass is 117 g/mol. The number of unbranched alkanes of at least 4 members (excludes halogenated alkanes) is 1. The Balaban J connectivity index is 0. The molecule has 52 valence electrons. The Bertz CT molecular complexity index is 46.2. The molecule has 0 atom stereocenters. The highest BCUT2D eigenvalue weighted by Crippen LogP contribution is 1.83. The van der Waals surface area contributed by atoms with Gasteiger partial charge in [0.25, 0.3) is 0 Å². The maximum Gasteiger partial charge on any atom is 0.00103 e. The van der Waals surface area contributed by atoms with Crippen LogP contribution in [0.1, 0.15) is 35.0 Å². The lowest BCUT2D eigenvalue weighted by molar-refractivity contribution is 0.566. The van der Waals surface area contributed by atoms with Crippen LogP contribution in [0, 0.1) is 0 Å². The van der Waals surface area contributed by atoms with Crippen LogP contribution >= 0.6 is 0 Å². The van der Waals surface area contributed by atoms with E-state index in [4.69, 9.17) is 0 Å². The zero-order chi connectivity index (χ0) is 6.41. The van der Waals surface area contributed by atoms with Gasteiger partial charge in [-0.15, -0.1) is 0 Å².